The second-order valence-electron chi connectivity index (χ2n) is 4.04. The molecule has 1 unspecified atom stereocenters. The van der Waals surface area contributed by atoms with Crippen molar-refractivity contribution < 1.29 is 14.6 Å². The number of hydrogen-bond donors (Lipinski definition) is 1. The van der Waals surface area contributed by atoms with Crippen molar-refractivity contribution in [1.82, 2.24) is 4.90 Å². The van der Waals surface area contributed by atoms with Crippen LogP contribution in [0.5, 0.6) is 0 Å². The molecule has 0 spiro atoms. The topological polar surface area (TPSA) is 49.8 Å². The van der Waals surface area contributed by atoms with Gasteiger partial charge in [-0.15, -0.1) is 11.3 Å². The molecular weight excluding hydrogens is 297 g/mol. The Kier molecular flexibility index (Phi) is 5.00. The second kappa shape index (κ2) is 6.32. The Morgan fingerprint density at radius 1 is 1.61 bits per heavy atom. The van der Waals surface area contributed by atoms with Gasteiger partial charge in [-0.05, 0) is 6.07 Å². The highest BCUT2D eigenvalue weighted by molar-refractivity contribution is 7.20. The van der Waals surface area contributed by atoms with E-state index in [4.69, 9.17) is 27.9 Å². The van der Waals surface area contributed by atoms with Crippen LogP contribution in [-0.2, 0) is 4.74 Å². The van der Waals surface area contributed by atoms with Crippen LogP contribution < -0.4 is 0 Å². The Labute approximate surface area is 119 Å². The van der Waals surface area contributed by atoms with E-state index in [1.807, 2.05) is 4.90 Å². The summed E-state index contributed by atoms with van der Waals surface area (Å²) in [6, 6.07) is 1.46. The summed E-state index contributed by atoms with van der Waals surface area (Å²) in [4.78, 5) is 14.0. The average molecular weight is 310 g/mol. The van der Waals surface area contributed by atoms with Gasteiger partial charge in [-0.25, -0.2) is 0 Å². The molecule has 4 nitrogen and oxygen atoms in total. The number of carbonyl (C=O) groups excluding carboxylic acids is 1. The Bertz CT molecular complexity index is 438. The van der Waals surface area contributed by atoms with Crippen LogP contribution in [0.25, 0.3) is 0 Å². The zero-order chi connectivity index (χ0) is 13.1. The van der Waals surface area contributed by atoms with Gasteiger partial charge in [0.2, 0.25) is 0 Å². The Balaban J connectivity index is 2.04. The molecule has 0 bridgehead atoms. The molecule has 1 aliphatic rings. The van der Waals surface area contributed by atoms with Crippen molar-refractivity contribution in [1.29, 1.82) is 0 Å². The number of halogens is 2. The van der Waals surface area contributed by atoms with E-state index >= 15 is 0 Å². The molecule has 1 saturated heterocycles. The zero-order valence-electron chi connectivity index (χ0n) is 9.57. The van der Waals surface area contributed by atoms with Gasteiger partial charge < -0.3 is 9.84 Å². The largest absolute Gasteiger partial charge is 0.395 e. The first-order chi connectivity index (χ1) is 8.61. The maximum Gasteiger partial charge on any atom is 0.179 e. The molecular formula is C11H13Cl2NO3S. The van der Waals surface area contributed by atoms with Gasteiger partial charge in [0, 0.05) is 6.54 Å². The van der Waals surface area contributed by atoms with Crippen LogP contribution in [0.4, 0.5) is 0 Å². The fourth-order valence-electron chi connectivity index (χ4n) is 1.87. The standard InChI is InChI=1S/C11H13Cl2NO3S/c12-10-3-8(11(13)18-10)9(16)4-14-1-2-17-6-7(14)5-15/h3,7,15H,1-2,4-6H2. The summed E-state index contributed by atoms with van der Waals surface area (Å²) in [5.74, 6) is -0.0801. The van der Waals surface area contributed by atoms with Gasteiger partial charge in [-0.2, -0.15) is 0 Å². The van der Waals surface area contributed by atoms with Crippen molar-refractivity contribution in [2.24, 2.45) is 0 Å². The van der Waals surface area contributed by atoms with E-state index in [9.17, 15) is 9.90 Å². The van der Waals surface area contributed by atoms with E-state index in [2.05, 4.69) is 0 Å². The number of Topliss-reactive ketones (excluding diaryl/α,β-unsaturated/α-hetero) is 1. The first kappa shape index (κ1) is 14.2. The van der Waals surface area contributed by atoms with E-state index in [0.29, 0.717) is 34.0 Å². The average Bonchev–Trinajstić information content (AvgIpc) is 2.69. The van der Waals surface area contributed by atoms with Crippen LogP contribution in [0.3, 0.4) is 0 Å². The van der Waals surface area contributed by atoms with Gasteiger partial charge >= 0.3 is 0 Å². The quantitative estimate of drug-likeness (QED) is 0.864. The van der Waals surface area contributed by atoms with Crippen LogP contribution >= 0.6 is 34.5 Å². The predicted molar refractivity (Wildman–Crippen MR) is 71.9 cm³/mol. The maximum absolute atomic E-state index is 12.1. The molecule has 18 heavy (non-hydrogen) atoms. The number of hydrogen-bond acceptors (Lipinski definition) is 5. The lowest BCUT2D eigenvalue weighted by atomic mass is 10.1. The first-order valence-corrected chi connectivity index (χ1v) is 7.09. The number of aliphatic hydroxyl groups excluding tert-OH is 1. The van der Waals surface area contributed by atoms with Crippen LogP contribution in [0, 0.1) is 0 Å². The third-order valence-corrected chi connectivity index (χ3v) is 4.35. The molecule has 0 aromatic carbocycles. The van der Waals surface area contributed by atoms with E-state index < -0.39 is 0 Å². The van der Waals surface area contributed by atoms with Crippen molar-refractivity contribution in [2.75, 3.05) is 32.9 Å². The molecule has 0 radical (unpaired) electrons. The van der Waals surface area contributed by atoms with Gasteiger partial charge in [0.15, 0.2) is 5.78 Å². The highest BCUT2D eigenvalue weighted by Gasteiger charge is 2.25. The van der Waals surface area contributed by atoms with Crippen molar-refractivity contribution in [3.8, 4) is 0 Å². The molecule has 2 rings (SSSR count). The summed E-state index contributed by atoms with van der Waals surface area (Å²) < 4.78 is 6.18. The molecule has 7 heteroatoms. The number of ether oxygens (including phenoxy) is 1. The summed E-state index contributed by atoms with van der Waals surface area (Å²) in [6.07, 6.45) is 0. The van der Waals surface area contributed by atoms with E-state index in [-0.39, 0.29) is 25.0 Å². The van der Waals surface area contributed by atoms with Gasteiger partial charge in [0.05, 0.1) is 42.3 Å². The summed E-state index contributed by atoms with van der Waals surface area (Å²) in [5, 5.41) is 9.23. The number of thiophene rings is 1. The number of ketones is 1. The SMILES string of the molecule is O=C(CN1CCOCC1CO)c1cc(Cl)sc1Cl. The summed E-state index contributed by atoms with van der Waals surface area (Å²) >= 11 is 12.9. The molecule has 1 atom stereocenters. The van der Waals surface area contributed by atoms with E-state index in [1.165, 1.54) is 11.3 Å². The van der Waals surface area contributed by atoms with Gasteiger partial charge in [0.25, 0.3) is 0 Å². The third kappa shape index (κ3) is 3.23. The van der Waals surface area contributed by atoms with Crippen molar-refractivity contribution in [3.63, 3.8) is 0 Å². The number of aliphatic hydroxyl groups is 1. The normalized spacial score (nSPS) is 21.2. The second-order valence-corrected chi connectivity index (χ2v) is 6.33. The minimum absolute atomic E-state index is 0.0224. The van der Waals surface area contributed by atoms with Gasteiger partial charge in [-0.1, -0.05) is 23.2 Å². The molecule has 0 saturated carbocycles. The smallest absolute Gasteiger partial charge is 0.179 e. The van der Waals surface area contributed by atoms with Crippen molar-refractivity contribution in [3.05, 3.63) is 20.3 Å². The Morgan fingerprint density at radius 2 is 2.39 bits per heavy atom. The minimum atomic E-state index is -0.129. The molecule has 1 aromatic heterocycles. The number of carbonyl (C=O) groups is 1. The summed E-state index contributed by atoms with van der Waals surface area (Å²) in [6.45, 7) is 1.85. The summed E-state index contributed by atoms with van der Waals surface area (Å²) in [5.41, 5.74) is 0.454. The van der Waals surface area contributed by atoms with Gasteiger partial charge in [-0.3, -0.25) is 9.69 Å². The lowest BCUT2D eigenvalue weighted by Gasteiger charge is -2.33. The fraction of sp³-hybridized carbons (Fsp3) is 0.545. The van der Waals surface area contributed by atoms with Crippen molar-refractivity contribution >= 4 is 40.3 Å². The van der Waals surface area contributed by atoms with E-state index in [1.54, 1.807) is 6.07 Å². The molecule has 1 aromatic rings. The monoisotopic (exact) mass is 309 g/mol. The summed E-state index contributed by atoms with van der Waals surface area (Å²) in [7, 11) is 0. The Morgan fingerprint density at radius 3 is 3.00 bits per heavy atom. The van der Waals surface area contributed by atoms with Crippen LogP contribution in [0.2, 0.25) is 8.67 Å². The zero-order valence-corrected chi connectivity index (χ0v) is 11.9. The van der Waals surface area contributed by atoms with Crippen molar-refractivity contribution in [2.45, 2.75) is 6.04 Å². The van der Waals surface area contributed by atoms with Gasteiger partial charge in [0.1, 0.15) is 4.34 Å². The number of morpholine rings is 1. The lowest BCUT2D eigenvalue weighted by Crippen LogP contribution is -2.49. The third-order valence-electron chi connectivity index (χ3n) is 2.86. The maximum atomic E-state index is 12.1. The van der Waals surface area contributed by atoms with Crippen LogP contribution in [0.1, 0.15) is 10.4 Å². The minimum Gasteiger partial charge on any atom is -0.395 e. The molecule has 1 aliphatic heterocycles. The van der Waals surface area contributed by atoms with Crippen LogP contribution in [-0.4, -0.2) is 54.7 Å². The lowest BCUT2D eigenvalue weighted by molar-refractivity contribution is -0.0240. The first-order valence-electron chi connectivity index (χ1n) is 5.52. The molecule has 100 valence electrons. The number of rotatable bonds is 4. The predicted octanol–water partition coefficient (Wildman–Crippen LogP) is 1.93. The molecule has 1 fully saturated rings. The molecule has 0 aliphatic carbocycles. The Hall–Kier alpha value is -0.170. The number of nitrogens with zero attached hydrogens (tertiary/aromatic N) is 1. The highest BCUT2D eigenvalue weighted by atomic mass is 35.5. The van der Waals surface area contributed by atoms with Crippen LogP contribution in [0.15, 0.2) is 6.07 Å². The fourth-order valence-corrected chi connectivity index (χ4v) is 3.36. The molecule has 0 amide bonds. The molecule has 2 heterocycles. The molecule has 1 N–H and O–H groups in total. The highest BCUT2D eigenvalue weighted by Crippen LogP contribution is 2.31. The van der Waals surface area contributed by atoms with E-state index in [0.717, 1.165) is 0 Å².